The first-order valence-electron chi connectivity index (χ1n) is 7.72. The number of guanidine groups is 1. The summed E-state index contributed by atoms with van der Waals surface area (Å²) < 4.78 is 5.65. The molecule has 1 saturated carbocycles. The van der Waals surface area contributed by atoms with Gasteiger partial charge >= 0.3 is 0 Å². The van der Waals surface area contributed by atoms with Crippen molar-refractivity contribution in [3.05, 3.63) is 29.8 Å². The second-order valence-electron chi connectivity index (χ2n) is 5.85. The van der Waals surface area contributed by atoms with E-state index in [-0.39, 0.29) is 30.0 Å². The predicted octanol–water partition coefficient (Wildman–Crippen LogP) is 2.13. The Morgan fingerprint density at radius 3 is 2.91 bits per heavy atom. The fraction of sp³-hybridized carbons (Fsp3) is 0.562. The zero-order chi connectivity index (χ0) is 14.7. The molecule has 1 atom stereocenters. The average molecular weight is 416 g/mol. The summed E-state index contributed by atoms with van der Waals surface area (Å²) in [7, 11) is 2.16. The number of nitrogens with one attached hydrogen (secondary N) is 1. The fourth-order valence-electron chi connectivity index (χ4n) is 2.74. The quantitative estimate of drug-likeness (QED) is 0.439. The smallest absolute Gasteiger partial charge is 0.189 e. The van der Waals surface area contributed by atoms with Gasteiger partial charge in [-0.3, -0.25) is 4.99 Å². The Balaban J connectivity index is 0.00000176. The molecule has 122 valence electrons. The summed E-state index contributed by atoms with van der Waals surface area (Å²) in [5.74, 6) is 1.48. The van der Waals surface area contributed by atoms with Gasteiger partial charge in [-0.1, -0.05) is 18.2 Å². The summed E-state index contributed by atoms with van der Waals surface area (Å²) in [5, 5.41) is 3.32. The van der Waals surface area contributed by atoms with Crippen LogP contribution in [0.25, 0.3) is 0 Å². The molecule has 1 aromatic rings. The van der Waals surface area contributed by atoms with E-state index in [1.165, 1.54) is 12.8 Å². The summed E-state index contributed by atoms with van der Waals surface area (Å²) in [5.41, 5.74) is 7.18. The summed E-state index contributed by atoms with van der Waals surface area (Å²) in [4.78, 5) is 6.80. The lowest BCUT2D eigenvalue weighted by Gasteiger charge is -2.27. The number of fused-ring (bicyclic) bond motifs is 1. The van der Waals surface area contributed by atoms with E-state index >= 15 is 0 Å². The zero-order valence-corrected chi connectivity index (χ0v) is 15.3. The van der Waals surface area contributed by atoms with Crippen molar-refractivity contribution in [2.75, 3.05) is 26.7 Å². The number of likely N-dealkylation sites (N-methyl/N-ethyl adjacent to an activating group) is 1. The van der Waals surface area contributed by atoms with E-state index < -0.39 is 0 Å². The number of rotatable bonds is 5. The molecule has 2 aliphatic rings. The number of aliphatic imine (C=N–C) groups is 1. The highest BCUT2D eigenvalue weighted by Crippen LogP contribution is 2.31. The van der Waals surface area contributed by atoms with Gasteiger partial charge in [-0.2, -0.15) is 0 Å². The van der Waals surface area contributed by atoms with Crippen LogP contribution >= 0.6 is 24.0 Å². The molecule has 0 amide bonds. The van der Waals surface area contributed by atoms with Gasteiger partial charge in [-0.15, -0.1) is 24.0 Å². The molecular formula is C16H25IN4O. The minimum absolute atomic E-state index is 0. The maximum absolute atomic E-state index is 6.02. The van der Waals surface area contributed by atoms with Crippen molar-refractivity contribution in [1.29, 1.82) is 0 Å². The summed E-state index contributed by atoms with van der Waals surface area (Å²) >= 11 is 0. The van der Waals surface area contributed by atoms with Crippen molar-refractivity contribution in [3.8, 4) is 5.75 Å². The molecule has 1 fully saturated rings. The standard InChI is InChI=1S/C16H24N4O.HI/c1-20(12-6-7-12)10-9-18-16(17)19-14-8-11-21-15-5-3-2-4-13(14)15;/h2-5,12,14H,6-11H2,1H3,(H3,17,18,19);1H. The Labute approximate surface area is 149 Å². The lowest BCUT2D eigenvalue weighted by molar-refractivity contribution is 0.262. The average Bonchev–Trinajstić information content (AvgIpc) is 3.32. The molecule has 0 bridgehead atoms. The molecule has 1 unspecified atom stereocenters. The van der Waals surface area contributed by atoms with Crippen molar-refractivity contribution in [2.24, 2.45) is 10.7 Å². The molecule has 22 heavy (non-hydrogen) atoms. The van der Waals surface area contributed by atoms with Crippen LogP contribution in [0.1, 0.15) is 30.9 Å². The number of nitrogens with zero attached hydrogens (tertiary/aromatic N) is 2. The van der Waals surface area contributed by atoms with Crippen molar-refractivity contribution in [1.82, 2.24) is 10.2 Å². The first-order chi connectivity index (χ1) is 10.2. The molecule has 1 aliphatic heterocycles. The van der Waals surface area contributed by atoms with Gasteiger partial charge in [0, 0.05) is 24.6 Å². The van der Waals surface area contributed by atoms with Gasteiger partial charge in [0.15, 0.2) is 5.96 Å². The summed E-state index contributed by atoms with van der Waals surface area (Å²) in [6.45, 7) is 2.43. The highest BCUT2D eigenvalue weighted by molar-refractivity contribution is 14.0. The van der Waals surface area contributed by atoms with E-state index in [0.717, 1.165) is 36.9 Å². The Morgan fingerprint density at radius 2 is 2.14 bits per heavy atom. The van der Waals surface area contributed by atoms with Crippen molar-refractivity contribution in [2.45, 2.75) is 31.3 Å². The number of ether oxygens (including phenoxy) is 1. The lowest BCUT2D eigenvalue weighted by Crippen LogP contribution is -2.38. The first kappa shape index (κ1) is 17.3. The van der Waals surface area contributed by atoms with Crippen LogP contribution < -0.4 is 15.8 Å². The number of hydrogen-bond donors (Lipinski definition) is 2. The Kier molecular flexibility index (Phi) is 6.31. The Hall–Kier alpha value is -1.02. The van der Waals surface area contributed by atoms with Gasteiger partial charge in [0.25, 0.3) is 0 Å². The molecule has 0 spiro atoms. The molecule has 1 aromatic carbocycles. The molecule has 3 rings (SSSR count). The number of halogens is 1. The van der Waals surface area contributed by atoms with Crippen LogP contribution in [0.4, 0.5) is 0 Å². The van der Waals surface area contributed by atoms with Crippen LogP contribution in [-0.4, -0.2) is 43.6 Å². The van der Waals surface area contributed by atoms with E-state index in [9.17, 15) is 0 Å². The normalized spacial score (nSPS) is 20.8. The van der Waals surface area contributed by atoms with Crippen LogP contribution in [0.5, 0.6) is 5.75 Å². The molecule has 1 aliphatic carbocycles. The molecule has 0 aromatic heterocycles. The lowest BCUT2D eigenvalue weighted by atomic mass is 10.0. The molecule has 6 heteroatoms. The largest absolute Gasteiger partial charge is 0.493 e. The third-order valence-corrected chi connectivity index (χ3v) is 4.19. The predicted molar refractivity (Wildman–Crippen MR) is 100.0 cm³/mol. The number of hydrogen-bond acceptors (Lipinski definition) is 3. The molecule has 5 nitrogen and oxygen atoms in total. The van der Waals surface area contributed by atoms with Gasteiger partial charge in [0.2, 0.25) is 0 Å². The second kappa shape index (κ2) is 8.01. The van der Waals surface area contributed by atoms with Gasteiger partial charge in [0.05, 0.1) is 19.2 Å². The van der Waals surface area contributed by atoms with Crippen molar-refractivity contribution < 1.29 is 4.74 Å². The van der Waals surface area contributed by atoms with Crippen molar-refractivity contribution >= 4 is 29.9 Å². The molecule has 0 saturated heterocycles. The number of nitrogens with two attached hydrogens (primary N) is 1. The molecule has 1 heterocycles. The molecular weight excluding hydrogens is 391 g/mol. The van der Waals surface area contributed by atoms with Crippen LogP contribution in [-0.2, 0) is 0 Å². The number of benzene rings is 1. The third kappa shape index (κ3) is 4.49. The van der Waals surface area contributed by atoms with Gasteiger partial charge in [-0.05, 0) is 26.0 Å². The van der Waals surface area contributed by atoms with Crippen LogP contribution in [0.15, 0.2) is 29.3 Å². The van der Waals surface area contributed by atoms with Gasteiger partial charge in [0.1, 0.15) is 5.75 Å². The Morgan fingerprint density at radius 1 is 1.36 bits per heavy atom. The fourth-order valence-corrected chi connectivity index (χ4v) is 2.74. The highest BCUT2D eigenvalue weighted by Gasteiger charge is 2.25. The number of para-hydroxylation sites is 1. The maximum atomic E-state index is 6.02. The monoisotopic (exact) mass is 416 g/mol. The Bertz CT molecular complexity index is 519. The van der Waals surface area contributed by atoms with E-state index in [4.69, 9.17) is 10.5 Å². The van der Waals surface area contributed by atoms with Crippen LogP contribution in [0.3, 0.4) is 0 Å². The van der Waals surface area contributed by atoms with Crippen LogP contribution in [0, 0.1) is 0 Å². The van der Waals surface area contributed by atoms with E-state index in [0.29, 0.717) is 12.6 Å². The van der Waals surface area contributed by atoms with Gasteiger partial charge in [-0.25, -0.2) is 0 Å². The summed E-state index contributed by atoms with van der Waals surface area (Å²) in [6, 6.07) is 9.07. The zero-order valence-electron chi connectivity index (χ0n) is 13.0. The van der Waals surface area contributed by atoms with E-state index in [1.807, 2.05) is 18.2 Å². The SMILES string of the molecule is CN(CCN=C(N)NC1CCOc2ccccc21)C1CC1.I. The van der Waals surface area contributed by atoms with Gasteiger partial charge < -0.3 is 20.7 Å². The summed E-state index contributed by atoms with van der Waals surface area (Å²) in [6.07, 6.45) is 3.56. The molecule has 0 radical (unpaired) electrons. The van der Waals surface area contributed by atoms with E-state index in [1.54, 1.807) is 0 Å². The van der Waals surface area contributed by atoms with E-state index in [2.05, 4.69) is 28.3 Å². The highest BCUT2D eigenvalue weighted by atomic mass is 127. The van der Waals surface area contributed by atoms with Crippen LogP contribution in [0.2, 0.25) is 0 Å². The van der Waals surface area contributed by atoms with Crippen molar-refractivity contribution in [3.63, 3.8) is 0 Å². The topological polar surface area (TPSA) is 62.9 Å². The molecule has 3 N–H and O–H groups in total. The second-order valence-corrected chi connectivity index (χ2v) is 5.85. The maximum Gasteiger partial charge on any atom is 0.189 e. The third-order valence-electron chi connectivity index (χ3n) is 4.19. The first-order valence-corrected chi connectivity index (χ1v) is 7.72. The minimum Gasteiger partial charge on any atom is -0.493 e. The minimum atomic E-state index is 0.